The molecular formula is C32H29N3O7S. The highest BCUT2D eigenvalue weighted by Gasteiger charge is 2.29. The average Bonchev–Trinajstić information content (AvgIpc) is 3.04. The van der Waals surface area contributed by atoms with Crippen LogP contribution >= 0.6 is 0 Å². The normalized spacial score (nSPS) is 12.5. The highest BCUT2D eigenvalue weighted by atomic mass is 32.2. The summed E-state index contributed by atoms with van der Waals surface area (Å²) < 4.78 is 38.2. The summed E-state index contributed by atoms with van der Waals surface area (Å²) in [5, 5.41) is 5.38. The third kappa shape index (κ3) is 6.84. The predicted molar refractivity (Wildman–Crippen MR) is 162 cm³/mol. The number of ether oxygens (including phenoxy) is 2. The summed E-state index contributed by atoms with van der Waals surface area (Å²) in [6.07, 6.45) is 1.53. The van der Waals surface area contributed by atoms with Crippen LogP contribution in [0.4, 0.5) is 17.1 Å². The van der Waals surface area contributed by atoms with Crippen molar-refractivity contribution in [2.45, 2.75) is 17.7 Å². The Balaban J connectivity index is 1.13. The Morgan fingerprint density at radius 1 is 0.791 bits per heavy atom. The molecule has 4 aromatic rings. The number of amides is 2. The Morgan fingerprint density at radius 2 is 1.42 bits per heavy atom. The number of sulfonamides is 1. The Morgan fingerprint density at radius 3 is 2.12 bits per heavy atom. The number of hydrogen-bond acceptors (Lipinski definition) is 7. The summed E-state index contributed by atoms with van der Waals surface area (Å²) in [6, 6.07) is 26.0. The number of aryl methyl sites for hydroxylation is 1. The number of carbonyl (C=O) groups is 3. The molecule has 2 N–H and O–H groups in total. The van der Waals surface area contributed by atoms with Gasteiger partial charge in [-0.3, -0.25) is 13.9 Å². The van der Waals surface area contributed by atoms with Gasteiger partial charge in [-0.15, -0.1) is 0 Å². The van der Waals surface area contributed by atoms with Crippen LogP contribution in [0, 0.1) is 0 Å². The van der Waals surface area contributed by atoms with Crippen molar-refractivity contribution in [1.82, 2.24) is 0 Å². The molecule has 2 amide bonds. The van der Waals surface area contributed by atoms with Gasteiger partial charge in [-0.05, 0) is 97.3 Å². The van der Waals surface area contributed by atoms with Gasteiger partial charge < -0.3 is 20.1 Å². The lowest BCUT2D eigenvalue weighted by Crippen LogP contribution is -2.35. The first kappa shape index (κ1) is 29.3. The topological polar surface area (TPSA) is 131 Å². The van der Waals surface area contributed by atoms with E-state index in [1.807, 2.05) is 12.1 Å². The van der Waals surface area contributed by atoms with E-state index in [0.29, 0.717) is 41.3 Å². The lowest BCUT2D eigenvalue weighted by molar-refractivity contribution is -0.119. The van der Waals surface area contributed by atoms with Crippen molar-refractivity contribution in [3.8, 4) is 5.75 Å². The summed E-state index contributed by atoms with van der Waals surface area (Å²) >= 11 is 0. The molecule has 0 radical (unpaired) electrons. The van der Waals surface area contributed by atoms with Crippen LogP contribution in [-0.2, 0) is 26.0 Å². The number of nitrogens with one attached hydrogen (secondary N) is 2. The number of hydrogen-bond donors (Lipinski definition) is 2. The fourth-order valence-electron chi connectivity index (χ4n) is 4.63. The Hall–Kier alpha value is -5.16. The van der Waals surface area contributed by atoms with E-state index in [1.54, 1.807) is 67.8 Å². The van der Waals surface area contributed by atoms with Crippen molar-refractivity contribution in [1.29, 1.82) is 0 Å². The number of rotatable bonds is 9. The summed E-state index contributed by atoms with van der Waals surface area (Å²) in [5.41, 5.74) is 3.15. The molecule has 5 rings (SSSR count). The van der Waals surface area contributed by atoms with Crippen molar-refractivity contribution >= 4 is 44.9 Å². The molecule has 0 unspecified atom stereocenters. The van der Waals surface area contributed by atoms with E-state index in [-0.39, 0.29) is 16.4 Å². The number of esters is 1. The molecule has 43 heavy (non-hydrogen) atoms. The Kier molecular flexibility index (Phi) is 8.72. The number of carbonyl (C=O) groups excluding carboxylic acids is 3. The third-order valence-corrected chi connectivity index (χ3v) is 8.69. The number of benzene rings is 4. The van der Waals surface area contributed by atoms with E-state index in [1.165, 1.54) is 28.6 Å². The second kappa shape index (κ2) is 12.8. The van der Waals surface area contributed by atoms with E-state index >= 15 is 0 Å². The van der Waals surface area contributed by atoms with Crippen LogP contribution in [0.2, 0.25) is 0 Å². The molecule has 1 aliphatic heterocycles. The van der Waals surface area contributed by atoms with Crippen LogP contribution in [0.3, 0.4) is 0 Å². The Labute approximate surface area is 249 Å². The van der Waals surface area contributed by atoms with E-state index in [9.17, 15) is 22.8 Å². The second-order valence-corrected chi connectivity index (χ2v) is 11.6. The molecule has 0 bridgehead atoms. The van der Waals surface area contributed by atoms with Gasteiger partial charge in [0.25, 0.3) is 21.8 Å². The zero-order valence-electron chi connectivity index (χ0n) is 23.3. The number of fused-ring (bicyclic) bond motifs is 1. The van der Waals surface area contributed by atoms with Crippen LogP contribution in [0.15, 0.2) is 102 Å². The van der Waals surface area contributed by atoms with E-state index in [2.05, 4.69) is 10.6 Å². The molecular weight excluding hydrogens is 570 g/mol. The maximum atomic E-state index is 13.3. The molecule has 0 spiro atoms. The number of anilines is 3. The maximum absolute atomic E-state index is 13.3. The predicted octanol–water partition coefficient (Wildman–Crippen LogP) is 4.88. The minimum absolute atomic E-state index is 0.0552. The molecule has 0 fully saturated rings. The van der Waals surface area contributed by atoms with Crippen LogP contribution < -0.4 is 19.7 Å². The van der Waals surface area contributed by atoms with E-state index < -0.39 is 28.5 Å². The number of para-hydroxylation sites is 1. The molecule has 0 saturated carbocycles. The van der Waals surface area contributed by atoms with Gasteiger partial charge in [0.1, 0.15) is 5.75 Å². The fraction of sp³-hybridized carbons (Fsp3) is 0.156. The van der Waals surface area contributed by atoms with Gasteiger partial charge in [0, 0.05) is 23.5 Å². The summed E-state index contributed by atoms with van der Waals surface area (Å²) in [5.74, 6) is -0.997. The quantitative estimate of drug-likeness (QED) is 0.262. The molecule has 4 aromatic carbocycles. The van der Waals surface area contributed by atoms with Gasteiger partial charge in [0.05, 0.1) is 23.3 Å². The van der Waals surface area contributed by atoms with Crippen LogP contribution in [0.5, 0.6) is 5.75 Å². The van der Waals surface area contributed by atoms with Crippen molar-refractivity contribution < 1.29 is 32.3 Å². The van der Waals surface area contributed by atoms with Gasteiger partial charge in [0.2, 0.25) is 0 Å². The maximum Gasteiger partial charge on any atom is 0.338 e. The molecule has 220 valence electrons. The minimum Gasteiger partial charge on any atom is -0.497 e. The molecule has 0 aliphatic carbocycles. The van der Waals surface area contributed by atoms with Gasteiger partial charge in [-0.2, -0.15) is 0 Å². The highest BCUT2D eigenvalue weighted by molar-refractivity contribution is 7.92. The average molecular weight is 600 g/mol. The van der Waals surface area contributed by atoms with Crippen LogP contribution in [0.1, 0.15) is 32.7 Å². The fourth-order valence-corrected chi connectivity index (χ4v) is 6.17. The molecule has 0 atom stereocenters. The first-order chi connectivity index (χ1) is 20.7. The zero-order chi connectivity index (χ0) is 30.4. The molecule has 0 saturated heterocycles. The molecule has 0 aromatic heterocycles. The van der Waals surface area contributed by atoms with Crippen LogP contribution in [-0.4, -0.2) is 46.5 Å². The van der Waals surface area contributed by atoms with Gasteiger partial charge in [-0.25, -0.2) is 13.2 Å². The van der Waals surface area contributed by atoms with Gasteiger partial charge in [-0.1, -0.05) is 18.2 Å². The van der Waals surface area contributed by atoms with Gasteiger partial charge in [0.15, 0.2) is 6.61 Å². The van der Waals surface area contributed by atoms with E-state index in [4.69, 9.17) is 9.47 Å². The van der Waals surface area contributed by atoms with E-state index in [0.717, 1.165) is 12.0 Å². The lowest BCUT2D eigenvalue weighted by Gasteiger charge is -2.30. The minimum atomic E-state index is -3.82. The third-order valence-electron chi connectivity index (χ3n) is 6.86. The van der Waals surface area contributed by atoms with Crippen molar-refractivity contribution in [3.05, 3.63) is 114 Å². The first-order valence-electron chi connectivity index (χ1n) is 13.5. The molecule has 10 nitrogen and oxygen atoms in total. The van der Waals surface area contributed by atoms with Crippen molar-refractivity contribution in [2.75, 3.05) is 35.2 Å². The van der Waals surface area contributed by atoms with Crippen molar-refractivity contribution in [2.24, 2.45) is 0 Å². The van der Waals surface area contributed by atoms with Crippen LogP contribution in [0.25, 0.3) is 0 Å². The largest absolute Gasteiger partial charge is 0.497 e. The SMILES string of the molecule is COc1ccc(NC(=O)c2ccc(NC(=O)COC(=O)c3ccc(S(=O)(=O)N4CCCc5ccccc54)cc3)cc2)cc1. The lowest BCUT2D eigenvalue weighted by atomic mass is 10.0. The monoisotopic (exact) mass is 599 g/mol. The second-order valence-electron chi connectivity index (χ2n) is 9.72. The summed E-state index contributed by atoms with van der Waals surface area (Å²) in [4.78, 5) is 37.4. The zero-order valence-corrected chi connectivity index (χ0v) is 24.1. The summed E-state index contributed by atoms with van der Waals surface area (Å²) in [6.45, 7) is -0.180. The smallest absolute Gasteiger partial charge is 0.338 e. The Bertz CT molecular complexity index is 1740. The first-order valence-corrected chi connectivity index (χ1v) is 14.9. The highest BCUT2D eigenvalue weighted by Crippen LogP contribution is 2.31. The van der Waals surface area contributed by atoms with Crippen molar-refractivity contribution in [3.63, 3.8) is 0 Å². The molecule has 1 heterocycles. The van der Waals surface area contributed by atoms with Gasteiger partial charge >= 0.3 is 5.97 Å². The molecule has 1 aliphatic rings. The standard InChI is InChI=1S/C32H29N3O7S/c1-41-27-16-14-26(15-17-27)34-31(37)23-8-12-25(13-9-23)33-30(36)21-42-32(38)24-10-18-28(19-11-24)43(39,40)35-20-4-6-22-5-2-3-7-29(22)35/h2-3,5,7-19H,4,6,20-21H2,1H3,(H,33,36)(H,34,37). The summed E-state index contributed by atoms with van der Waals surface area (Å²) in [7, 11) is -2.26. The number of methoxy groups -OCH3 is 1. The number of nitrogens with zero attached hydrogens (tertiary/aromatic N) is 1. The molecule has 11 heteroatoms.